The second-order valence-electron chi connectivity index (χ2n) is 11.3. The molecule has 0 saturated carbocycles. The number of carbonyl (C=O) groups is 1. The topological polar surface area (TPSA) is 130 Å². The van der Waals surface area contributed by atoms with E-state index in [-0.39, 0.29) is 28.8 Å². The Kier molecular flexibility index (Phi) is 6.71. The van der Waals surface area contributed by atoms with Gasteiger partial charge in [0.15, 0.2) is 5.03 Å². The molecule has 1 fully saturated rings. The first kappa shape index (κ1) is 28.6. The molecule has 0 radical (unpaired) electrons. The SMILES string of the molecule is CC(C)(C)OC(=O)N1CCC(n2cc(-c3cnc4cnn(S(=O)(=O)c5cnc6ccc(C(F)(F)F)cn56)c4c3)cn2)CC1. The lowest BCUT2D eigenvalue weighted by molar-refractivity contribution is -0.137. The van der Waals surface area contributed by atoms with E-state index in [4.69, 9.17) is 4.74 Å². The van der Waals surface area contributed by atoms with E-state index in [2.05, 4.69) is 20.2 Å². The number of pyridine rings is 2. The average Bonchev–Trinajstić information content (AvgIpc) is 3.69. The van der Waals surface area contributed by atoms with Gasteiger partial charge < -0.3 is 9.64 Å². The summed E-state index contributed by atoms with van der Waals surface area (Å²) in [4.78, 5) is 22.4. The van der Waals surface area contributed by atoms with Crippen molar-refractivity contribution in [1.82, 2.24) is 38.2 Å². The molecule has 12 nitrogen and oxygen atoms in total. The Hall–Kier alpha value is -4.47. The zero-order chi connectivity index (χ0) is 30.7. The number of nitrogens with zero attached hydrogens (tertiary/aromatic N) is 8. The maximum atomic E-state index is 13.6. The van der Waals surface area contributed by atoms with Gasteiger partial charge in [-0.15, -0.1) is 0 Å². The minimum absolute atomic E-state index is 0.0335. The van der Waals surface area contributed by atoms with Gasteiger partial charge in [0.05, 0.1) is 30.2 Å². The number of hydrogen-bond acceptors (Lipinski definition) is 8. The lowest BCUT2D eigenvalue weighted by atomic mass is 10.1. The number of halogens is 3. The van der Waals surface area contributed by atoms with Crippen LogP contribution in [0.1, 0.15) is 45.2 Å². The van der Waals surface area contributed by atoms with E-state index in [0.717, 1.165) is 26.8 Å². The Bertz CT molecular complexity index is 1950. The van der Waals surface area contributed by atoms with Gasteiger partial charge in [0.1, 0.15) is 22.3 Å². The van der Waals surface area contributed by atoms with Crippen molar-refractivity contribution >= 4 is 32.8 Å². The number of aromatic nitrogens is 7. The number of imidazole rings is 1. The second kappa shape index (κ2) is 10.1. The van der Waals surface area contributed by atoms with Crippen molar-refractivity contribution in [3.63, 3.8) is 0 Å². The minimum Gasteiger partial charge on any atom is -0.444 e. The molecule has 6 rings (SSSR count). The number of amides is 1. The summed E-state index contributed by atoms with van der Waals surface area (Å²) in [7, 11) is -4.47. The Morgan fingerprint density at radius 1 is 0.953 bits per heavy atom. The highest BCUT2D eigenvalue weighted by atomic mass is 32.2. The van der Waals surface area contributed by atoms with Crippen molar-refractivity contribution in [3.8, 4) is 11.1 Å². The summed E-state index contributed by atoms with van der Waals surface area (Å²) in [5.41, 5.74) is 0.107. The zero-order valence-corrected chi connectivity index (χ0v) is 24.2. The summed E-state index contributed by atoms with van der Waals surface area (Å²) in [5.74, 6) is 0. The third-order valence-electron chi connectivity index (χ3n) is 7.10. The molecular weight excluding hydrogens is 589 g/mol. The van der Waals surface area contributed by atoms with Gasteiger partial charge in [-0.25, -0.2) is 9.78 Å². The largest absolute Gasteiger partial charge is 0.444 e. The van der Waals surface area contributed by atoms with Crippen molar-refractivity contribution in [2.45, 2.75) is 56.5 Å². The standard InChI is InChI=1S/C27H27F3N8O4S/c1-26(2,3)42-25(39)35-8-6-20(7-9-35)37-15-18(12-33-37)17-10-22-21(31-11-17)13-34-38(22)43(40,41)24-14-32-23-5-4-19(16-36(23)24)27(28,29)30/h4-5,10-16,20H,6-9H2,1-3H3. The Balaban J connectivity index is 1.26. The molecule has 1 aliphatic rings. The monoisotopic (exact) mass is 616 g/mol. The summed E-state index contributed by atoms with van der Waals surface area (Å²) in [6.45, 7) is 6.51. The molecule has 1 amide bonds. The fourth-order valence-corrected chi connectivity index (χ4v) is 6.30. The van der Waals surface area contributed by atoms with Crippen molar-refractivity contribution in [1.29, 1.82) is 0 Å². The minimum atomic E-state index is -4.67. The number of hydrogen-bond donors (Lipinski definition) is 0. The molecule has 1 saturated heterocycles. The van der Waals surface area contributed by atoms with Crippen LogP contribution in [0.15, 0.2) is 60.4 Å². The number of rotatable bonds is 4. The molecule has 6 heterocycles. The third kappa shape index (κ3) is 5.42. The van der Waals surface area contributed by atoms with Gasteiger partial charge in [0, 0.05) is 42.8 Å². The second-order valence-corrected chi connectivity index (χ2v) is 13.0. The highest BCUT2D eigenvalue weighted by Crippen LogP contribution is 2.31. The fraction of sp³-hybridized carbons (Fsp3) is 0.370. The van der Waals surface area contributed by atoms with Crippen LogP contribution >= 0.6 is 0 Å². The molecule has 0 N–H and O–H groups in total. The van der Waals surface area contributed by atoms with Crippen molar-refractivity contribution < 1.29 is 31.1 Å². The number of piperidine rings is 1. The highest BCUT2D eigenvalue weighted by molar-refractivity contribution is 7.90. The van der Waals surface area contributed by atoms with Gasteiger partial charge in [-0.05, 0) is 51.8 Å². The first-order valence-electron chi connectivity index (χ1n) is 13.4. The van der Waals surface area contributed by atoms with E-state index in [0.29, 0.717) is 43.3 Å². The lowest BCUT2D eigenvalue weighted by Crippen LogP contribution is -2.42. The molecule has 1 aliphatic heterocycles. The molecule has 5 aromatic heterocycles. The van der Waals surface area contributed by atoms with Crippen LogP contribution < -0.4 is 0 Å². The van der Waals surface area contributed by atoms with Crippen LogP contribution in [0.2, 0.25) is 0 Å². The van der Waals surface area contributed by atoms with Crippen LogP contribution in [-0.4, -0.2) is 71.4 Å². The average molecular weight is 617 g/mol. The van der Waals surface area contributed by atoms with Crippen LogP contribution in [0.3, 0.4) is 0 Å². The summed E-state index contributed by atoms with van der Waals surface area (Å²) in [6.07, 6.45) is 4.33. The molecule has 0 aliphatic carbocycles. The molecule has 0 unspecified atom stereocenters. The van der Waals surface area contributed by atoms with Gasteiger partial charge in [-0.2, -0.15) is 35.9 Å². The van der Waals surface area contributed by atoms with E-state index >= 15 is 0 Å². The van der Waals surface area contributed by atoms with Gasteiger partial charge in [-0.1, -0.05) is 0 Å². The van der Waals surface area contributed by atoms with Crippen molar-refractivity contribution in [3.05, 3.63) is 60.9 Å². The summed E-state index contributed by atoms with van der Waals surface area (Å²) >= 11 is 0. The third-order valence-corrected chi connectivity index (χ3v) is 8.68. The first-order valence-corrected chi connectivity index (χ1v) is 14.8. The maximum Gasteiger partial charge on any atom is 0.417 e. The van der Waals surface area contributed by atoms with Gasteiger partial charge >= 0.3 is 22.3 Å². The van der Waals surface area contributed by atoms with E-state index in [1.165, 1.54) is 6.20 Å². The maximum absolute atomic E-state index is 13.6. The van der Waals surface area contributed by atoms with E-state index < -0.39 is 32.4 Å². The molecule has 0 bridgehead atoms. The van der Waals surface area contributed by atoms with Gasteiger partial charge in [-0.3, -0.25) is 14.1 Å². The van der Waals surface area contributed by atoms with Gasteiger partial charge in [0.2, 0.25) is 0 Å². The van der Waals surface area contributed by atoms with Crippen LogP contribution in [0, 0.1) is 0 Å². The summed E-state index contributed by atoms with van der Waals surface area (Å²) < 4.78 is 76.1. The van der Waals surface area contributed by atoms with Crippen molar-refractivity contribution in [2.75, 3.05) is 13.1 Å². The number of ether oxygens (including phenoxy) is 1. The quantitative estimate of drug-likeness (QED) is 0.282. The smallest absolute Gasteiger partial charge is 0.417 e. The first-order chi connectivity index (χ1) is 20.2. The highest BCUT2D eigenvalue weighted by Gasteiger charge is 2.33. The number of likely N-dealkylation sites (tertiary alicyclic amines) is 1. The van der Waals surface area contributed by atoms with E-state index in [1.807, 2.05) is 31.6 Å². The van der Waals surface area contributed by atoms with Crippen LogP contribution in [0.25, 0.3) is 27.8 Å². The van der Waals surface area contributed by atoms with E-state index in [1.54, 1.807) is 23.4 Å². The zero-order valence-electron chi connectivity index (χ0n) is 23.4. The molecule has 43 heavy (non-hydrogen) atoms. The summed E-state index contributed by atoms with van der Waals surface area (Å²) in [6, 6.07) is 3.57. The predicted molar refractivity (Wildman–Crippen MR) is 148 cm³/mol. The molecular formula is C27H27F3N8O4S. The van der Waals surface area contributed by atoms with Crippen LogP contribution in [0.4, 0.5) is 18.0 Å². The van der Waals surface area contributed by atoms with Gasteiger partial charge in [0.25, 0.3) is 0 Å². The number of carbonyl (C=O) groups excluding carboxylic acids is 1. The number of fused-ring (bicyclic) bond motifs is 2. The molecule has 0 spiro atoms. The Labute approximate surface area is 243 Å². The van der Waals surface area contributed by atoms with Crippen molar-refractivity contribution in [2.24, 2.45) is 0 Å². The molecule has 0 atom stereocenters. The normalized spacial score (nSPS) is 15.4. The molecule has 16 heteroatoms. The number of alkyl halides is 3. The summed E-state index contributed by atoms with van der Waals surface area (Å²) in [5, 5.41) is 8.02. The Morgan fingerprint density at radius 3 is 2.40 bits per heavy atom. The fourth-order valence-electron chi connectivity index (χ4n) is 4.97. The lowest BCUT2D eigenvalue weighted by Gasteiger charge is -2.33. The molecule has 226 valence electrons. The molecule has 5 aromatic rings. The van der Waals surface area contributed by atoms with Crippen LogP contribution in [-0.2, 0) is 20.9 Å². The predicted octanol–water partition coefficient (Wildman–Crippen LogP) is 4.77. The van der Waals surface area contributed by atoms with Crippen LogP contribution in [0.5, 0.6) is 0 Å². The van der Waals surface area contributed by atoms with E-state index in [9.17, 15) is 26.4 Å². The Morgan fingerprint density at radius 2 is 1.70 bits per heavy atom. The molecule has 0 aromatic carbocycles.